The van der Waals surface area contributed by atoms with Gasteiger partial charge in [-0.25, -0.2) is 14.8 Å². The zero-order valence-electron chi connectivity index (χ0n) is 24.2. The van der Waals surface area contributed by atoms with Crippen LogP contribution >= 0.6 is 0 Å². The zero-order chi connectivity index (χ0) is 29.7. The third-order valence-electron chi connectivity index (χ3n) is 6.68. The Labute approximate surface area is 238 Å². The van der Waals surface area contributed by atoms with Gasteiger partial charge in [-0.3, -0.25) is 10.1 Å². The molecule has 216 valence electrons. The average molecular weight is 562 g/mol. The minimum absolute atomic E-state index is 0.0827. The number of aryl methyl sites for hydroxylation is 1. The molecular weight excluding hydrogens is 526 g/mol. The summed E-state index contributed by atoms with van der Waals surface area (Å²) in [6, 6.07) is 12.4. The normalized spacial score (nSPS) is 11.1. The molecule has 12 nitrogen and oxygen atoms in total. The highest BCUT2D eigenvalue weighted by Gasteiger charge is 2.26. The first-order valence-electron chi connectivity index (χ1n) is 13.2. The number of likely N-dealkylation sites (N-methyl/N-ethyl adjacent to an activating group) is 2. The van der Waals surface area contributed by atoms with Crippen LogP contribution in [0, 0.1) is 10.1 Å². The Balaban J connectivity index is 1.76. The lowest BCUT2D eigenvalue weighted by Gasteiger charge is -2.22. The molecule has 41 heavy (non-hydrogen) atoms. The van der Waals surface area contributed by atoms with Gasteiger partial charge in [0.1, 0.15) is 17.1 Å². The van der Waals surface area contributed by atoms with Crippen molar-refractivity contribution in [1.82, 2.24) is 19.4 Å². The number of hydrogen-bond donors (Lipinski definition) is 1. The fourth-order valence-electron chi connectivity index (χ4n) is 4.58. The van der Waals surface area contributed by atoms with Gasteiger partial charge in [0.25, 0.3) is 5.69 Å². The second-order valence-electron chi connectivity index (χ2n) is 9.85. The monoisotopic (exact) mass is 561 g/mol. The number of esters is 1. The van der Waals surface area contributed by atoms with E-state index in [4.69, 9.17) is 14.5 Å². The number of rotatable bonds is 12. The van der Waals surface area contributed by atoms with E-state index in [0.717, 1.165) is 17.4 Å². The molecule has 12 heteroatoms. The zero-order valence-corrected chi connectivity index (χ0v) is 24.2. The van der Waals surface area contributed by atoms with Crippen molar-refractivity contribution >= 4 is 39.9 Å². The molecule has 0 fully saturated rings. The number of hydrogen-bond acceptors (Lipinski definition) is 10. The summed E-state index contributed by atoms with van der Waals surface area (Å²) in [6.07, 6.45) is 2.27. The number of nitrogens with one attached hydrogen (secondary N) is 1. The van der Waals surface area contributed by atoms with Crippen LogP contribution < -0.4 is 15.0 Å². The molecule has 0 aliphatic rings. The first-order chi connectivity index (χ1) is 19.7. The maximum absolute atomic E-state index is 13.1. The number of nitro benzene ring substituents is 1. The molecule has 0 saturated heterocycles. The second kappa shape index (κ2) is 12.6. The molecule has 0 aliphatic heterocycles. The number of aromatic nitrogens is 3. The number of para-hydroxylation sites is 1. The topological polar surface area (TPSA) is 128 Å². The van der Waals surface area contributed by atoms with Crippen LogP contribution in [0.4, 0.5) is 23.0 Å². The van der Waals surface area contributed by atoms with Gasteiger partial charge >= 0.3 is 5.97 Å². The Kier molecular flexibility index (Phi) is 9.03. The summed E-state index contributed by atoms with van der Waals surface area (Å²) in [7, 11) is 9.00. The van der Waals surface area contributed by atoms with Gasteiger partial charge in [-0.1, -0.05) is 25.1 Å². The van der Waals surface area contributed by atoms with Gasteiger partial charge in [0.2, 0.25) is 5.95 Å². The quantitative estimate of drug-likeness (QED) is 0.145. The van der Waals surface area contributed by atoms with E-state index in [-0.39, 0.29) is 11.6 Å². The van der Waals surface area contributed by atoms with Crippen LogP contribution in [0.25, 0.3) is 22.2 Å². The van der Waals surface area contributed by atoms with Crippen LogP contribution in [0.3, 0.4) is 0 Å². The number of methoxy groups -OCH3 is 1. The summed E-state index contributed by atoms with van der Waals surface area (Å²) in [5, 5.41) is 15.9. The number of carbonyl (C=O) groups is 1. The number of anilines is 3. The predicted octanol–water partition coefficient (Wildman–Crippen LogP) is 4.86. The number of carbonyl (C=O) groups excluding carboxylic acids is 1. The minimum Gasteiger partial charge on any atom is -0.494 e. The van der Waals surface area contributed by atoms with E-state index in [1.54, 1.807) is 29.9 Å². The second-order valence-corrected chi connectivity index (χ2v) is 9.85. The average Bonchev–Trinajstić information content (AvgIpc) is 3.26. The fourth-order valence-corrected chi connectivity index (χ4v) is 4.58. The van der Waals surface area contributed by atoms with Crippen LogP contribution in [-0.4, -0.2) is 78.3 Å². The van der Waals surface area contributed by atoms with Crippen molar-refractivity contribution < 1.29 is 19.2 Å². The molecule has 2 aromatic carbocycles. The Bertz CT molecular complexity index is 1570. The summed E-state index contributed by atoms with van der Waals surface area (Å²) < 4.78 is 12.9. The standard InChI is InChI=1S/C29H35N7O5/c1-7-16-41-28(37)27-26(19-10-8-9-11-22(19)35(27)5)20-12-13-30-29(31-20)32-21-17-24(36(38)39)23(18-25(21)40-6)34(4)15-14-33(2)3/h8-13,17-18H,7,14-16H2,1-6H3,(H,30,31,32). The van der Waals surface area contributed by atoms with E-state index in [9.17, 15) is 14.9 Å². The lowest BCUT2D eigenvalue weighted by atomic mass is 10.1. The van der Waals surface area contributed by atoms with E-state index in [2.05, 4.69) is 10.3 Å². The Morgan fingerprint density at radius 3 is 2.59 bits per heavy atom. The van der Waals surface area contributed by atoms with Gasteiger partial charge in [-0.05, 0) is 32.6 Å². The fraction of sp³-hybridized carbons (Fsp3) is 0.345. The maximum atomic E-state index is 13.1. The van der Waals surface area contributed by atoms with Crippen LogP contribution in [0.5, 0.6) is 5.75 Å². The highest BCUT2D eigenvalue weighted by molar-refractivity contribution is 6.08. The van der Waals surface area contributed by atoms with E-state index in [1.165, 1.54) is 13.2 Å². The molecule has 1 N–H and O–H groups in total. The van der Waals surface area contributed by atoms with E-state index >= 15 is 0 Å². The summed E-state index contributed by atoms with van der Waals surface area (Å²) in [5.41, 5.74) is 3.02. The molecule has 0 amide bonds. The maximum Gasteiger partial charge on any atom is 0.355 e. The molecule has 4 aromatic rings. The largest absolute Gasteiger partial charge is 0.494 e. The lowest BCUT2D eigenvalue weighted by molar-refractivity contribution is -0.384. The summed E-state index contributed by atoms with van der Waals surface area (Å²) in [5.74, 6) is 0.134. The predicted molar refractivity (Wildman–Crippen MR) is 159 cm³/mol. The third-order valence-corrected chi connectivity index (χ3v) is 6.68. The molecule has 0 unspecified atom stereocenters. The number of ether oxygens (including phenoxy) is 2. The molecule has 0 atom stereocenters. The number of benzene rings is 2. The van der Waals surface area contributed by atoms with Gasteiger partial charge in [-0.2, -0.15) is 0 Å². The first kappa shape index (κ1) is 29.3. The summed E-state index contributed by atoms with van der Waals surface area (Å²) in [4.78, 5) is 37.6. The summed E-state index contributed by atoms with van der Waals surface area (Å²) in [6.45, 7) is 3.54. The van der Waals surface area contributed by atoms with E-state index in [1.807, 2.05) is 62.1 Å². The lowest BCUT2D eigenvalue weighted by Crippen LogP contribution is -2.28. The minimum atomic E-state index is -0.444. The van der Waals surface area contributed by atoms with Gasteiger partial charge in [0, 0.05) is 62.0 Å². The van der Waals surface area contributed by atoms with Crippen LogP contribution in [0.2, 0.25) is 0 Å². The molecule has 4 rings (SSSR count). The number of nitrogens with zero attached hydrogens (tertiary/aromatic N) is 6. The molecule has 0 bridgehead atoms. The van der Waals surface area contributed by atoms with Gasteiger partial charge in [-0.15, -0.1) is 0 Å². The van der Waals surface area contributed by atoms with Crippen LogP contribution in [0.15, 0.2) is 48.7 Å². The highest BCUT2D eigenvalue weighted by atomic mass is 16.6. The molecule has 2 heterocycles. The Morgan fingerprint density at radius 2 is 1.90 bits per heavy atom. The number of nitro groups is 1. The van der Waals surface area contributed by atoms with Crippen LogP contribution in [0.1, 0.15) is 23.8 Å². The Morgan fingerprint density at radius 1 is 1.15 bits per heavy atom. The van der Waals surface area contributed by atoms with E-state index < -0.39 is 10.9 Å². The molecule has 0 aliphatic carbocycles. The van der Waals surface area contributed by atoms with Crippen molar-refractivity contribution in [1.29, 1.82) is 0 Å². The molecular formula is C29H35N7O5. The van der Waals surface area contributed by atoms with E-state index in [0.29, 0.717) is 53.6 Å². The van der Waals surface area contributed by atoms with Crippen molar-refractivity contribution in [3.63, 3.8) is 0 Å². The van der Waals surface area contributed by atoms with Crippen molar-refractivity contribution in [2.24, 2.45) is 7.05 Å². The smallest absolute Gasteiger partial charge is 0.355 e. The van der Waals surface area contributed by atoms with Crippen molar-refractivity contribution in [3.05, 3.63) is 64.5 Å². The first-order valence-corrected chi connectivity index (χ1v) is 13.2. The summed E-state index contributed by atoms with van der Waals surface area (Å²) >= 11 is 0. The van der Waals surface area contributed by atoms with Crippen molar-refractivity contribution in [3.8, 4) is 17.0 Å². The Hall–Kier alpha value is -4.71. The SMILES string of the molecule is CCCOC(=O)c1c(-c2ccnc(Nc3cc([N+](=O)[O-])c(N(C)CCN(C)C)cc3OC)n2)c2ccccc2n1C. The highest BCUT2D eigenvalue weighted by Crippen LogP contribution is 2.39. The third kappa shape index (κ3) is 6.22. The number of fused-ring (bicyclic) bond motifs is 1. The van der Waals surface area contributed by atoms with Gasteiger partial charge in [0.05, 0.1) is 30.0 Å². The molecule has 2 aromatic heterocycles. The van der Waals surface area contributed by atoms with Crippen LogP contribution in [-0.2, 0) is 11.8 Å². The molecule has 0 spiro atoms. The van der Waals surface area contributed by atoms with Gasteiger partial charge in [0.15, 0.2) is 0 Å². The molecule has 0 saturated carbocycles. The molecule has 0 radical (unpaired) electrons. The van der Waals surface area contributed by atoms with Gasteiger partial charge < -0.3 is 29.2 Å². The van der Waals surface area contributed by atoms with Crippen molar-refractivity contribution in [2.45, 2.75) is 13.3 Å². The van der Waals surface area contributed by atoms with Crippen molar-refractivity contribution in [2.75, 3.05) is 58.2 Å².